The third kappa shape index (κ3) is 7.96. The van der Waals surface area contributed by atoms with E-state index in [1.807, 2.05) is 0 Å². The van der Waals surface area contributed by atoms with E-state index in [0.29, 0.717) is 22.7 Å². The number of benzene rings is 2. The molecule has 0 radical (unpaired) electrons. The summed E-state index contributed by atoms with van der Waals surface area (Å²) in [4.78, 5) is 24.6. The third-order valence-electron chi connectivity index (χ3n) is 6.02. The first kappa shape index (κ1) is 38.0. The van der Waals surface area contributed by atoms with Crippen LogP contribution >= 0.6 is 22.7 Å². The van der Waals surface area contributed by atoms with Crippen molar-refractivity contribution in [3.8, 4) is 0 Å². The quantitative estimate of drug-likeness (QED) is 0.0275. The van der Waals surface area contributed by atoms with Crippen LogP contribution in [0.15, 0.2) is 36.4 Å². The molecule has 0 unspecified atom stereocenters. The van der Waals surface area contributed by atoms with Crippen molar-refractivity contribution in [2.75, 3.05) is 0 Å². The lowest BCUT2D eigenvalue weighted by atomic mass is 10.1. The molecule has 50 heavy (non-hydrogen) atoms. The Bertz CT molecular complexity index is 1890. The van der Waals surface area contributed by atoms with Gasteiger partial charge in [-0.3, -0.25) is 9.59 Å². The SMILES string of the molecule is O=C(/C=C(\OB(F)F)c1ccc(/C=C/c2ccc(/C(=C/C(=O)c3c(F)c(F)c(F)c(F)c3F)OB(F)F)s2)s1)c1c(F)c(F)c(F)c(F)c1F. The van der Waals surface area contributed by atoms with Gasteiger partial charge in [0.25, 0.3) is 0 Å². The van der Waals surface area contributed by atoms with Crippen LogP contribution in [-0.2, 0) is 9.31 Å². The van der Waals surface area contributed by atoms with Crippen LogP contribution in [0.25, 0.3) is 23.7 Å². The van der Waals surface area contributed by atoms with E-state index < -0.39 is 107 Å². The highest BCUT2D eigenvalue weighted by atomic mass is 32.1. The van der Waals surface area contributed by atoms with Crippen molar-refractivity contribution in [3.05, 3.63) is 125 Å². The van der Waals surface area contributed by atoms with Crippen LogP contribution in [0, 0.1) is 58.2 Å². The summed E-state index contributed by atoms with van der Waals surface area (Å²) in [6.45, 7) is 0. The first-order chi connectivity index (χ1) is 23.4. The van der Waals surface area contributed by atoms with Gasteiger partial charge >= 0.3 is 14.9 Å². The van der Waals surface area contributed by atoms with Gasteiger partial charge in [0.2, 0.25) is 11.6 Å². The standard InChI is InChI=1S/C28H8B2F14O4S2/c31-19-17(20(32)24(36)27(39)23(19)35)11(45)7-13(47-29(41)42)15-5-3-9(49-15)1-2-10-4-6-16(50-10)14(48-30(43)44)8-12(46)18-21(33)25(37)28(40)26(38)22(18)34/h1-8H/b2-1+,13-7-,14-8-. The van der Waals surface area contributed by atoms with Crippen molar-refractivity contribution >= 4 is 72.8 Å². The molecular weight excluding hydrogens is 752 g/mol. The minimum atomic E-state index is -3.63. The van der Waals surface area contributed by atoms with Crippen LogP contribution in [0.5, 0.6) is 0 Å². The molecule has 0 atom stereocenters. The first-order valence-electron chi connectivity index (χ1n) is 12.8. The lowest BCUT2D eigenvalue weighted by Crippen LogP contribution is -2.12. The number of carbonyl (C=O) groups is 2. The predicted octanol–water partition coefficient (Wildman–Crippen LogP) is 9.70. The molecule has 2 heterocycles. The van der Waals surface area contributed by atoms with Gasteiger partial charge in [-0.2, -0.15) is 0 Å². The first-order valence-corrected chi connectivity index (χ1v) is 14.4. The maximum absolute atomic E-state index is 14.1. The van der Waals surface area contributed by atoms with Crippen molar-refractivity contribution in [2.24, 2.45) is 0 Å². The second-order valence-electron chi connectivity index (χ2n) is 9.13. The smallest absolute Gasteiger partial charge is 0.504 e. The monoisotopic (exact) mass is 760 g/mol. The number of allylic oxidation sites excluding steroid dienone is 2. The number of thiophene rings is 2. The number of hydrogen-bond acceptors (Lipinski definition) is 6. The number of ketones is 2. The van der Waals surface area contributed by atoms with Crippen LogP contribution in [0.1, 0.15) is 40.2 Å². The second-order valence-corrected chi connectivity index (χ2v) is 11.4. The van der Waals surface area contributed by atoms with Crippen molar-refractivity contribution in [2.45, 2.75) is 0 Å². The van der Waals surface area contributed by atoms with E-state index in [2.05, 4.69) is 9.31 Å². The fourth-order valence-corrected chi connectivity index (χ4v) is 5.60. The molecule has 0 aliphatic carbocycles. The Morgan fingerprint density at radius 2 is 0.760 bits per heavy atom. The Balaban J connectivity index is 1.62. The maximum atomic E-state index is 14.1. The van der Waals surface area contributed by atoms with Crippen LogP contribution < -0.4 is 0 Å². The average Bonchev–Trinajstić information content (AvgIpc) is 3.73. The highest BCUT2D eigenvalue weighted by Crippen LogP contribution is 2.33. The fraction of sp³-hybridized carbons (Fsp3) is 0. The molecule has 22 heteroatoms. The predicted molar refractivity (Wildman–Crippen MR) is 153 cm³/mol. The van der Waals surface area contributed by atoms with Crippen molar-refractivity contribution < 1.29 is 80.1 Å². The highest BCUT2D eigenvalue weighted by Gasteiger charge is 2.32. The molecule has 0 fully saturated rings. The Morgan fingerprint density at radius 1 is 0.480 bits per heavy atom. The Hall–Kier alpha value is -4.85. The summed E-state index contributed by atoms with van der Waals surface area (Å²) in [5.41, 5.74) is -3.89. The van der Waals surface area contributed by atoms with E-state index >= 15 is 0 Å². The Labute approximate surface area is 278 Å². The zero-order chi connectivity index (χ0) is 37.2. The summed E-state index contributed by atoms with van der Waals surface area (Å²) < 4.78 is 198. The number of hydrogen-bond donors (Lipinski definition) is 0. The van der Waals surface area contributed by atoms with Gasteiger partial charge in [0.15, 0.2) is 58.1 Å². The number of halogens is 14. The molecular formula is C28H8B2F14O4S2. The number of carbonyl (C=O) groups excluding carboxylic acids is 2. The zero-order valence-electron chi connectivity index (χ0n) is 23.5. The van der Waals surface area contributed by atoms with Crippen molar-refractivity contribution in [1.82, 2.24) is 0 Å². The summed E-state index contributed by atoms with van der Waals surface area (Å²) >= 11 is 1.19. The molecule has 0 aliphatic heterocycles. The van der Waals surface area contributed by atoms with E-state index in [-0.39, 0.29) is 31.7 Å². The molecule has 2 aromatic heterocycles. The van der Waals surface area contributed by atoms with Gasteiger partial charge in [0.1, 0.15) is 11.5 Å². The minimum Gasteiger partial charge on any atom is -0.504 e. The van der Waals surface area contributed by atoms with Gasteiger partial charge < -0.3 is 9.31 Å². The van der Waals surface area contributed by atoms with Crippen LogP contribution in [0.2, 0.25) is 0 Å². The number of rotatable bonds is 12. The summed E-state index contributed by atoms with van der Waals surface area (Å²) in [6, 6.07) is 4.58. The van der Waals surface area contributed by atoms with Gasteiger partial charge in [-0.1, -0.05) is 0 Å². The molecule has 0 amide bonds. The molecule has 0 saturated carbocycles. The topological polar surface area (TPSA) is 52.6 Å². The lowest BCUT2D eigenvalue weighted by molar-refractivity contribution is 0.102. The van der Waals surface area contributed by atoms with Crippen LogP contribution in [-0.4, -0.2) is 26.5 Å². The van der Waals surface area contributed by atoms with E-state index in [1.54, 1.807) is 0 Å². The van der Waals surface area contributed by atoms with E-state index in [4.69, 9.17) is 0 Å². The van der Waals surface area contributed by atoms with E-state index in [0.717, 1.165) is 12.1 Å². The largest absolute Gasteiger partial charge is 0.796 e. The minimum absolute atomic E-state index is 0.0694. The van der Waals surface area contributed by atoms with Gasteiger partial charge in [-0.05, 0) is 36.4 Å². The van der Waals surface area contributed by atoms with Crippen molar-refractivity contribution in [1.29, 1.82) is 0 Å². The summed E-state index contributed by atoms with van der Waals surface area (Å²) in [6.07, 6.45) is 2.65. The Kier molecular flexibility index (Phi) is 11.7. The molecule has 0 aliphatic rings. The summed E-state index contributed by atoms with van der Waals surface area (Å²) in [5, 5.41) is 0. The summed E-state index contributed by atoms with van der Waals surface area (Å²) in [7, 11) is -7.26. The molecule has 4 nitrogen and oxygen atoms in total. The van der Waals surface area contributed by atoms with Gasteiger partial charge in [-0.25, -0.2) is 61.2 Å². The molecule has 260 valence electrons. The zero-order valence-corrected chi connectivity index (χ0v) is 25.1. The average molecular weight is 760 g/mol. The molecule has 0 saturated heterocycles. The van der Waals surface area contributed by atoms with Gasteiger partial charge in [0.05, 0.1) is 20.9 Å². The third-order valence-corrected chi connectivity index (χ3v) is 8.15. The summed E-state index contributed by atoms with van der Waals surface area (Å²) in [5.74, 6) is -31.0. The van der Waals surface area contributed by atoms with Gasteiger partial charge in [0, 0.05) is 21.9 Å². The highest BCUT2D eigenvalue weighted by molar-refractivity contribution is 7.15. The molecule has 4 aromatic rings. The molecule has 0 N–H and O–H groups in total. The molecule has 0 bridgehead atoms. The van der Waals surface area contributed by atoms with E-state index in [9.17, 15) is 70.8 Å². The molecule has 4 rings (SSSR count). The molecule has 0 spiro atoms. The molecule has 2 aromatic carbocycles. The van der Waals surface area contributed by atoms with Crippen molar-refractivity contribution in [3.63, 3.8) is 0 Å². The normalized spacial score (nSPS) is 12.1. The fourth-order valence-electron chi connectivity index (χ4n) is 3.86. The van der Waals surface area contributed by atoms with Gasteiger partial charge in [-0.15, -0.1) is 22.7 Å². The van der Waals surface area contributed by atoms with Crippen LogP contribution in [0.4, 0.5) is 61.2 Å². The van der Waals surface area contributed by atoms with Crippen LogP contribution in [0.3, 0.4) is 0 Å². The lowest BCUT2D eigenvalue weighted by Gasteiger charge is -2.08. The van der Waals surface area contributed by atoms with E-state index in [1.165, 1.54) is 24.3 Å². The Morgan fingerprint density at radius 3 is 1.04 bits per heavy atom. The second kappa shape index (κ2) is 15.4. The maximum Gasteiger partial charge on any atom is 0.796 e.